The SMILES string of the molecule is CCC(N)Cc1cc(C)ccc1Oc1cccnc1C. The first-order valence-corrected chi connectivity index (χ1v) is 7.04. The smallest absolute Gasteiger partial charge is 0.148 e. The van der Waals surface area contributed by atoms with Crippen LogP contribution in [0.15, 0.2) is 36.5 Å². The van der Waals surface area contributed by atoms with E-state index in [1.807, 2.05) is 25.1 Å². The number of hydrogen-bond acceptors (Lipinski definition) is 3. The Morgan fingerprint density at radius 1 is 1.20 bits per heavy atom. The van der Waals surface area contributed by atoms with Crippen LogP contribution in [0.2, 0.25) is 0 Å². The Morgan fingerprint density at radius 3 is 2.70 bits per heavy atom. The van der Waals surface area contributed by atoms with Crippen molar-refractivity contribution >= 4 is 0 Å². The fourth-order valence-electron chi connectivity index (χ4n) is 2.09. The van der Waals surface area contributed by atoms with Crippen LogP contribution < -0.4 is 10.5 Å². The van der Waals surface area contributed by atoms with E-state index in [1.54, 1.807) is 6.20 Å². The number of pyridine rings is 1. The third kappa shape index (κ3) is 3.58. The summed E-state index contributed by atoms with van der Waals surface area (Å²) in [4.78, 5) is 4.25. The summed E-state index contributed by atoms with van der Waals surface area (Å²) >= 11 is 0. The highest BCUT2D eigenvalue weighted by molar-refractivity contribution is 5.41. The number of aromatic nitrogens is 1. The van der Waals surface area contributed by atoms with Crippen LogP contribution in [-0.2, 0) is 6.42 Å². The van der Waals surface area contributed by atoms with Crippen molar-refractivity contribution < 1.29 is 4.74 Å². The zero-order valence-electron chi connectivity index (χ0n) is 12.4. The van der Waals surface area contributed by atoms with Gasteiger partial charge in [0.25, 0.3) is 0 Å². The molecule has 3 heteroatoms. The van der Waals surface area contributed by atoms with Gasteiger partial charge >= 0.3 is 0 Å². The van der Waals surface area contributed by atoms with E-state index in [4.69, 9.17) is 10.5 Å². The van der Waals surface area contributed by atoms with E-state index in [0.29, 0.717) is 0 Å². The minimum atomic E-state index is 0.161. The standard InChI is InChI=1S/C17H22N2O/c1-4-15(18)11-14-10-12(2)7-8-17(14)20-16-6-5-9-19-13(16)3/h5-10,15H,4,11,18H2,1-3H3. The third-order valence-electron chi connectivity index (χ3n) is 3.40. The van der Waals surface area contributed by atoms with Gasteiger partial charge in [0.05, 0.1) is 5.69 Å². The Bertz CT molecular complexity index is 581. The molecule has 0 fully saturated rings. The molecule has 0 radical (unpaired) electrons. The molecule has 0 aliphatic heterocycles. The minimum Gasteiger partial charge on any atom is -0.455 e. The van der Waals surface area contributed by atoms with Gasteiger partial charge in [0.1, 0.15) is 11.5 Å². The molecule has 0 aliphatic rings. The van der Waals surface area contributed by atoms with Crippen molar-refractivity contribution in [3.63, 3.8) is 0 Å². The number of aryl methyl sites for hydroxylation is 2. The maximum Gasteiger partial charge on any atom is 0.148 e. The Morgan fingerprint density at radius 2 is 2.00 bits per heavy atom. The molecular formula is C17H22N2O. The van der Waals surface area contributed by atoms with Gasteiger partial charge in [0.15, 0.2) is 0 Å². The topological polar surface area (TPSA) is 48.1 Å². The second-order valence-electron chi connectivity index (χ2n) is 5.17. The molecule has 3 nitrogen and oxygen atoms in total. The summed E-state index contributed by atoms with van der Waals surface area (Å²) in [6, 6.07) is 10.2. The molecule has 1 heterocycles. The molecule has 1 unspecified atom stereocenters. The van der Waals surface area contributed by atoms with Gasteiger partial charge in [-0.25, -0.2) is 0 Å². The van der Waals surface area contributed by atoms with Crippen molar-refractivity contribution in [1.82, 2.24) is 4.98 Å². The largest absolute Gasteiger partial charge is 0.455 e. The third-order valence-corrected chi connectivity index (χ3v) is 3.40. The van der Waals surface area contributed by atoms with Crippen LogP contribution in [0.4, 0.5) is 0 Å². The van der Waals surface area contributed by atoms with Gasteiger partial charge in [0.2, 0.25) is 0 Å². The Kier molecular flexibility index (Phi) is 4.74. The molecule has 1 aromatic heterocycles. The van der Waals surface area contributed by atoms with E-state index < -0.39 is 0 Å². The fourth-order valence-corrected chi connectivity index (χ4v) is 2.09. The van der Waals surface area contributed by atoms with Gasteiger partial charge in [-0.05, 0) is 50.5 Å². The second kappa shape index (κ2) is 6.53. The van der Waals surface area contributed by atoms with Crippen LogP contribution in [0.5, 0.6) is 11.5 Å². The van der Waals surface area contributed by atoms with Gasteiger partial charge in [-0.3, -0.25) is 4.98 Å². The molecule has 2 rings (SSSR count). The Labute approximate surface area is 120 Å². The summed E-state index contributed by atoms with van der Waals surface area (Å²) in [5, 5.41) is 0. The van der Waals surface area contributed by atoms with Crippen LogP contribution in [0.1, 0.15) is 30.2 Å². The fraction of sp³-hybridized carbons (Fsp3) is 0.353. The number of rotatable bonds is 5. The van der Waals surface area contributed by atoms with E-state index in [9.17, 15) is 0 Å². The summed E-state index contributed by atoms with van der Waals surface area (Å²) in [7, 11) is 0. The van der Waals surface area contributed by atoms with Gasteiger partial charge in [0, 0.05) is 12.2 Å². The second-order valence-corrected chi connectivity index (χ2v) is 5.17. The maximum atomic E-state index is 6.08. The van der Waals surface area contributed by atoms with Gasteiger partial charge in [-0.1, -0.05) is 24.6 Å². The molecule has 20 heavy (non-hydrogen) atoms. The Hall–Kier alpha value is -1.87. The lowest BCUT2D eigenvalue weighted by molar-refractivity contribution is 0.465. The Balaban J connectivity index is 2.29. The first kappa shape index (κ1) is 14.5. The van der Waals surface area contributed by atoms with E-state index in [2.05, 4.69) is 31.0 Å². The van der Waals surface area contributed by atoms with E-state index in [0.717, 1.165) is 35.6 Å². The quantitative estimate of drug-likeness (QED) is 0.899. The number of nitrogens with two attached hydrogens (primary N) is 1. The predicted octanol–water partition coefficient (Wildman–Crippen LogP) is 3.77. The lowest BCUT2D eigenvalue weighted by Gasteiger charge is -2.15. The number of benzene rings is 1. The lowest BCUT2D eigenvalue weighted by Crippen LogP contribution is -2.21. The van der Waals surface area contributed by atoms with E-state index in [-0.39, 0.29) is 6.04 Å². The average Bonchev–Trinajstić information content (AvgIpc) is 2.44. The van der Waals surface area contributed by atoms with Crippen molar-refractivity contribution in [1.29, 1.82) is 0 Å². The molecule has 0 spiro atoms. The van der Waals surface area contributed by atoms with Crippen LogP contribution in [-0.4, -0.2) is 11.0 Å². The summed E-state index contributed by atoms with van der Waals surface area (Å²) in [6.45, 7) is 6.13. The van der Waals surface area contributed by atoms with E-state index in [1.165, 1.54) is 5.56 Å². The summed E-state index contributed by atoms with van der Waals surface area (Å²) in [5.41, 5.74) is 9.34. The summed E-state index contributed by atoms with van der Waals surface area (Å²) in [5.74, 6) is 1.67. The molecule has 0 bridgehead atoms. The monoisotopic (exact) mass is 270 g/mol. The number of ether oxygens (including phenoxy) is 1. The first-order chi connectivity index (χ1) is 9.60. The zero-order chi connectivity index (χ0) is 14.5. The molecule has 0 aliphatic carbocycles. The van der Waals surface area contributed by atoms with Gasteiger partial charge in [-0.2, -0.15) is 0 Å². The lowest BCUT2D eigenvalue weighted by atomic mass is 10.0. The molecule has 0 amide bonds. The number of nitrogens with zero attached hydrogens (tertiary/aromatic N) is 1. The van der Waals surface area contributed by atoms with Crippen molar-refractivity contribution in [3.8, 4) is 11.5 Å². The molecule has 2 N–H and O–H groups in total. The van der Waals surface area contributed by atoms with Crippen LogP contribution in [0.3, 0.4) is 0 Å². The maximum absolute atomic E-state index is 6.08. The normalized spacial score (nSPS) is 12.2. The average molecular weight is 270 g/mol. The molecular weight excluding hydrogens is 248 g/mol. The van der Waals surface area contributed by atoms with Crippen molar-refractivity contribution in [2.75, 3.05) is 0 Å². The van der Waals surface area contributed by atoms with Gasteiger partial charge in [-0.15, -0.1) is 0 Å². The molecule has 106 valence electrons. The molecule has 1 aromatic carbocycles. The minimum absolute atomic E-state index is 0.161. The predicted molar refractivity (Wildman–Crippen MR) is 82.2 cm³/mol. The first-order valence-electron chi connectivity index (χ1n) is 7.04. The van der Waals surface area contributed by atoms with Crippen molar-refractivity contribution in [2.45, 2.75) is 39.7 Å². The highest BCUT2D eigenvalue weighted by atomic mass is 16.5. The highest BCUT2D eigenvalue weighted by Crippen LogP contribution is 2.28. The highest BCUT2D eigenvalue weighted by Gasteiger charge is 2.10. The van der Waals surface area contributed by atoms with Crippen molar-refractivity contribution in [2.24, 2.45) is 5.73 Å². The van der Waals surface area contributed by atoms with Crippen molar-refractivity contribution in [3.05, 3.63) is 53.3 Å². The molecule has 0 saturated heterocycles. The number of hydrogen-bond donors (Lipinski definition) is 1. The van der Waals surface area contributed by atoms with Crippen LogP contribution in [0.25, 0.3) is 0 Å². The molecule has 0 saturated carbocycles. The van der Waals surface area contributed by atoms with Crippen LogP contribution >= 0.6 is 0 Å². The zero-order valence-corrected chi connectivity index (χ0v) is 12.4. The van der Waals surface area contributed by atoms with Gasteiger partial charge < -0.3 is 10.5 Å². The van der Waals surface area contributed by atoms with Crippen LogP contribution in [0, 0.1) is 13.8 Å². The molecule has 1 atom stereocenters. The summed E-state index contributed by atoms with van der Waals surface area (Å²) in [6.07, 6.45) is 3.55. The van der Waals surface area contributed by atoms with E-state index >= 15 is 0 Å². The summed E-state index contributed by atoms with van der Waals surface area (Å²) < 4.78 is 6.02. The molecule has 2 aromatic rings.